The highest BCUT2D eigenvalue weighted by molar-refractivity contribution is 7.17. The summed E-state index contributed by atoms with van der Waals surface area (Å²) in [5.74, 6) is 0.488. The molecule has 4 aromatic rings. The van der Waals surface area contributed by atoms with Gasteiger partial charge in [0.1, 0.15) is 5.75 Å². The van der Waals surface area contributed by atoms with E-state index in [9.17, 15) is 9.59 Å². The van der Waals surface area contributed by atoms with E-state index in [2.05, 4.69) is 39.4 Å². The van der Waals surface area contributed by atoms with Crippen molar-refractivity contribution in [3.8, 4) is 5.75 Å². The Hall–Kier alpha value is -3.16. The topological polar surface area (TPSA) is 54.8 Å². The van der Waals surface area contributed by atoms with Crippen molar-refractivity contribution in [3.63, 3.8) is 0 Å². The molecule has 0 radical (unpaired) electrons. The Kier molecular flexibility index (Phi) is 7.16. The number of hydrogen-bond donors (Lipinski definition) is 0. The molecule has 35 heavy (non-hydrogen) atoms. The molecule has 5 rings (SSSR count). The normalized spacial score (nSPS) is 14.6. The maximum Gasteiger partial charge on any atom is 0.257 e. The zero-order chi connectivity index (χ0) is 24.2. The number of unbranched alkanes of at least 4 members (excludes halogenated alkanes) is 1. The molecule has 0 spiro atoms. The lowest BCUT2D eigenvalue weighted by atomic mass is 10.2. The molecule has 182 valence electrons. The van der Waals surface area contributed by atoms with E-state index in [0.717, 1.165) is 51.0 Å². The van der Waals surface area contributed by atoms with Crippen molar-refractivity contribution in [2.45, 2.75) is 26.2 Å². The second-order valence-electron chi connectivity index (χ2n) is 8.97. The van der Waals surface area contributed by atoms with E-state index in [-0.39, 0.29) is 17.9 Å². The number of piperazine rings is 1. The zero-order valence-corrected chi connectivity index (χ0v) is 20.9. The Bertz CT molecular complexity index is 1390. The SMILES string of the molecule is CCC(=O)n1c(=O)ccc2ccc(OCCCCN3CCN(c4cccc5sccc45)CC3)cc21. The lowest BCUT2D eigenvalue weighted by molar-refractivity contribution is 0.0910. The number of ether oxygens (including phenoxy) is 1. The highest BCUT2D eigenvalue weighted by atomic mass is 32.1. The van der Waals surface area contributed by atoms with Crippen molar-refractivity contribution in [3.05, 3.63) is 70.3 Å². The lowest BCUT2D eigenvalue weighted by Crippen LogP contribution is -2.46. The van der Waals surface area contributed by atoms with Crippen LogP contribution < -0.4 is 15.2 Å². The number of hydrogen-bond acceptors (Lipinski definition) is 6. The Morgan fingerprint density at radius 1 is 1.00 bits per heavy atom. The van der Waals surface area contributed by atoms with Crippen LogP contribution in [-0.4, -0.2) is 54.7 Å². The predicted molar refractivity (Wildman–Crippen MR) is 144 cm³/mol. The van der Waals surface area contributed by atoms with Crippen LogP contribution in [-0.2, 0) is 0 Å². The largest absolute Gasteiger partial charge is 0.494 e. The average molecular weight is 490 g/mol. The summed E-state index contributed by atoms with van der Waals surface area (Å²) in [6.07, 6.45) is 2.32. The molecule has 0 atom stereocenters. The summed E-state index contributed by atoms with van der Waals surface area (Å²) in [6.45, 7) is 7.72. The number of thiophene rings is 1. The van der Waals surface area contributed by atoms with E-state index < -0.39 is 0 Å². The van der Waals surface area contributed by atoms with Gasteiger partial charge in [0, 0.05) is 60.5 Å². The summed E-state index contributed by atoms with van der Waals surface area (Å²) in [7, 11) is 0. The number of pyridine rings is 1. The van der Waals surface area contributed by atoms with Crippen LogP contribution in [0.3, 0.4) is 0 Å². The van der Waals surface area contributed by atoms with Gasteiger partial charge in [-0.1, -0.05) is 13.0 Å². The minimum absolute atomic E-state index is 0.204. The number of fused-ring (bicyclic) bond motifs is 2. The van der Waals surface area contributed by atoms with Crippen LogP contribution in [0.4, 0.5) is 5.69 Å². The van der Waals surface area contributed by atoms with Crippen molar-refractivity contribution in [2.24, 2.45) is 0 Å². The first kappa shape index (κ1) is 23.6. The Morgan fingerprint density at radius 3 is 2.66 bits per heavy atom. The van der Waals surface area contributed by atoms with E-state index in [4.69, 9.17) is 4.74 Å². The number of carbonyl (C=O) groups excluding carboxylic acids is 1. The van der Waals surface area contributed by atoms with Crippen LogP contribution in [0.15, 0.2) is 64.8 Å². The van der Waals surface area contributed by atoms with Gasteiger partial charge in [0.25, 0.3) is 5.56 Å². The van der Waals surface area contributed by atoms with Gasteiger partial charge in [0.15, 0.2) is 0 Å². The second-order valence-corrected chi connectivity index (χ2v) is 9.92. The first-order chi connectivity index (χ1) is 17.1. The lowest BCUT2D eigenvalue weighted by Gasteiger charge is -2.36. The third-order valence-electron chi connectivity index (χ3n) is 6.74. The van der Waals surface area contributed by atoms with Crippen LogP contribution in [0.25, 0.3) is 21.0 Å². The van der Waals surface area contributed by atoms with Crippen LogP contribution in [0.1, 0.15) is 31.0 Å². The van der Waals surface area contributed by atoms with Crippen LogP contribution in [0, 0.1) is 0 Å². The van der Waals surface area contributed by atoms with Gasteiger partial charge in [-0.05, 0) is 66.6 Å². The van der Waals surface area contributed by atoms with Gasteiger partial charge in [0.2, 0.25) is 5.91 Å². The maximum absolute atomic E-state index is 12.3. The predicted octanol–water partition coefficient (Wildman–Crippen LogP) is 5.25. The molecule has 0 amide bonds. The number of rotatable bonds is 8. The number of anilines is 1. The zero-order valence-electron chi connectivity index (χ0n) is 20.1. The maximum atomic E-state index is 12.3. The average Bonchev–Trinajstić information content (AvgIpc) is 3.37. The van der Waals surface area contributed by atoms with E-state index in [1.165, 1.54) is 26.4 Å². The fourth-order valence-electron chi connectivity index (χ4n) is 4.81. The summed E-state index contributed by atoms with van der Waals surface area (Å²) in [6, 6.07) is 17.6. The quantitative estimate of drug-likeness (QED) is 0.317. The molecule has 1 aliphatic rings. The third-order valence-corrected chi connectivity index (χ3v) is 7.63. The second kappa shape index (κ2) is 10.6. The van der Waals surface area contributed by atoms with Crippen molar-refractivity contribution in [1.82, 2.24) is 9.47 Å². The van der Waals surface area contributed by atoms with Gasteiger partial charge in [-0.2, -0.15) is 0 Å². The minimum atomic E-state index is -0.298. The standard InChI is InChI=1S/C28H31N3O3S/c1-2-27(32)31-25-20-22(10-8-21(25)9-11-28(31)33)34-18-4-3-13-29-14-16-30(17-15-29)24-6-5-7-26-23(24)12-19-35-26/h5-12,19-20H,2-4,13-18H2,1H3. The van der Waals surface area contributed by atoms with E-state index in [1.807, 2.05) is 12.1 Å². The molecule has 1 fully saturated rings. The Labute approximate surface area is 209 Å². The summed E-state index contributed by atoms with van der Waals surface area (Å²) >= 11 is 1.80. The molecule has 2 aromatic carbocycles. The molecule has 0 N–H and O–H groups in total. The van der Waals surface area contributed by atoms with Crippen LogP contribution in [0.5, 0.6) is 5.75 Å². The molecule has 3 heterocycles. The fraction of sp³-hybridized carbons (Fsp3) is 0.357. The minimum Gasteiger partial charge on any atom is -0.494 e. The smallest absolute Gasteiger partial charge is 0.257 e. The van der Waals surface area contributed by atoms with Crippen LogP contribution >= 0.6 is 11.3 Å². The number of nitrogens with zero attached hydrogens (tertiary/aromatic N) is 3. The van der Waals surface area contributed by atoms with Gasteiger partial charge in [-0.25, -0.2) is 4.57 Å². The van der Waals surface area contributed by atoms with Crippen molar-refractivity contribution < 1.29 is 9.53 Å². The fourth-order valence-corrected chi connectivity index (χ4v) is 5.62. The van der Waals surface area contributed by atoms with Crippen molar-refractivity contribution in [1.29, 1.82) is 0 Å². The van der Waals surface area contributed by atoms with Gasteiger partial charge >= 0.3 is 0 Å². The molecule has 0 unspecified atom stereocenters. The molecule has 7 heteroatoms. The van der Waals surface area contributed by atoms with Gasteiger partial charge in [-0.3, -0.25) is 14.5 Å². The van der Waals surface area contributed by atoms with Gasteiger partial charge in [0.05, 0.1) is 12.1 Å². The molecule has 0 aliphatic carbocycles. The summed E-state index contributed by atoms with van der Waals surface area (Å²) in [5.41, 5.74) is 1.67. The molecule has 0 bridgehead atoms. The first-order valence-corrected chi connectivity index (χ1v) is 13.3. The van der Waals surface area contributed by atoms with E-state index >= 15 is 0 Å². The highest BCUT2D eigenvalue weighted by Gasteiger charge is 2.18. The third kappa shape index (κ3) is 5.11. The van der Waals surface area contributed by atoms with E-state index in [1.54, 1.807) is 30.4 Å². The van der Waals surface area contributed by atoms with Crippen molar-refractivity contribution >= 4 is 43.9 Å². The first-order valence-electron chi connectivity index (χ1n) is 12.4. The van der Waals surface area contributed by atoms with Crippen molar-refractivity contribution in [2.75, 3.05) is 44.2 Å². The number of aromatic nitrogens is 1. The molecule has 1 aliphatic heterocycles. The Balaban J connectivity index is 1.09. The molecule has 1 saturated heterocycles. The molecular formula is C28H31N3O3S. The molecule has 0 saturated carbocycles. The number of carbonyl (C=O) groups is 1. The van der Waals surface area contributed by atoms with Gasteiger partial charge < -0.3 is 9.64 Å². The molecule has 6 nitrogen and oxygen atoms in total. The molecule has 2 aromatic heterocycles. The summed E-state index contributed by atoms with van der Waals surface area (Å²) in [5, 5.41) is 4.40. The molecular weight excluding hydrogens is 458 g/mol. The summed E-state index contributed by atoms with van der Waals surface area (Å²) in [4.78, 5) is 29.6. The monoisotopic (exact) mass is 489 g/mol. The highest BCUT2D eigenvalue weighted by Crippen LogP contribution is 2.31. The van der Waals surface area contributed by atoms with Gasteiger partial charge in [-0.15, -0.1) is 11.3 Å². The van der Waals surface area contributed by atoms with E-state index in [0.29, 0.717) is 17.9 Å². The number of benzene rings is 2. The summed E-state index contributed by atoms with van der Waals surface area (Å²) < 4.78 is 8.58. The Morgan fingerprint density at radius 2 is 1.83 bits per heavy atom. The van der Waals surface area contributed by atoms with Crippen LogP contribution in [0.2, 0.25) is 0 Å².